The van der Waals surface area contributed by atoms with E-state index >= 15 is 0 Å². The zero-order valence-electron chi connectivity index (χ0n) is 19.7. The van der Waals surface area contributed by atoms with Crippen molar-refractivity contribution in [3.8, 4) is 27.9 Å². The number of aromatic nitrogens is 3. The van der Waals surface area contributed by atoms with E-state index in [1.165, 1.54) is 24.7 Å². The third-order valence-corrected chi connectivity index (χ3v) is 5.88. The number of rotatable bonds is 8. The Morgan fingerprint density at radius 1 is 1.13 bits per heavy atom. The molecule has 0 aliphatic heterocycles. The lowest BCUT2D eigenvalue weighted by molar-refractivity contribution is -0.128. The highest BCUT2D eigenvalue weighted by molar-refractivity contribution is 7.19. The number of ether oxygens (including phenoxy) is 1. The largest absolute Gasteiger partial charge is 0.497 e. The summed E-state index contributed by atoms with van der Waals surface area (Å²) < 4.78 is 39.4. The van der Waals surface area contributed by atoms with Gasteiger partial charge in [0.15, 0.2) is 5.13 Å². The summed E-state index contributed by atoms with van der Waals surface area (Å²) in [4.78, 5) is 43.6. The van der Waals surface area contributed by atoms with Gasteiger partial charge >= 0.3 is 6.03 Å². The van der Waals surface area contributed by atoms with Crippen LogP contribution in [-0.2, 0) is 4.79 Å². The smallest absolute Gasteiger partial charge is 0.321 e. The lowest BCUT2D eigenvalue weighted by Crippen LogP contribution is -2.37. The molecule has 202 valence electrons. The minimum atomic E-state index is -1.03. The van der Waals surface area contributed by atoms with Gasteiger partial charge in [-0.15, -0.1) is 0 Å². The molecule has 39 heavy (non-hydrogen) atoms. The summed E-state index contributed by atoms with van der Waals surface area (Å²) in [5.74, 6) is -3.73. The summed E-state index contributed by atoms with van der Waals surface area (Å²) in [6, 6.07) is 6.89. The number of thiazole rings is 1. The molecule has 4 aromatic rings. The number of anilines is 3. The van der Waals surface area contributed by atoms with Gasteiger partial charge in [0.25, 0.3) is 17.7 Å². The van der Waals surface area contributed by atoms with Crippen LogP contribution in [0.3, 0.4) is 0 Å². The maximum atomic E-state index is 14.6. The molecule has 0 bridgehead atoms. The average Bonchev–Trinajstić information content (AvgIpc) is 3.55. The number of carbonyl (C=O) groups is 3. The second-order valence-corrected chi connectivity index (χ2v) is 8.50. The third-order valence-electron chi connectivity index (χ3n) is 4.91. The van der Waals surface area contributed by atoms with Gasteiger partial charge in [-0.3, -0.25) is 20.1 Å². The first-order valence-electron chi connectivity index (χ1n) is 10.7. The maximum absolute atomic E-state index is 14.6. The number of nitrogen functional groups attached to an aromatic ring is 1. The number of hydroxylamine groups is 1. The Kier molecular flexibility index (Phi) is 7.92. The molecule has 0 fully saturated rings. The summed E-state index contributed by atoms with van der Waals surface area (Å²) in [6.07, 6.45) is 0. The van der Waals surface area contributed by atoms with Gasteiger partial charge in [0, 0.05) is 11.6 Å². The zero-order valence-corrected chi connectivity index (χ0v) is 20.6. The highest BCUT2D eigenvalue weighted by Gasteiger charge is 2.22. The van der Waals surface area contributed by atoms with Gasteiger partial charge < -0.3 is 25.6 Å². The Balaban J connectivity index is 1.53. The number of benzene rings is 2. The van der Waals surface area contributed by atoms with E-state index in [1.54, 1.807) is 12.1 Å². The van der Waals surface area contributed by atoms with Crippen molar-refractivity contribution in [3.05, 3.63) is 53.6 Å². The van der Waals surface area contributed by atoms with Crippen LogP contribution in [-0.4, -0.2) is 51.8 Å². The van der Waals surface area contributed by atoms with Crippen molar-refractivity contribution < 1.29 is 37.6 Å². The second kappa shape index (κ2) is 11.5. The summed E-state index contributed by atoms with van der Waals surface area (Å²) in [7, 11) is 1.43. The first-order chi connectivity index (χ1) is 18.7. The van der Waals surface area contributed by atoms with Crippen LogP contribution < -0.4 is 31.9 Å². The summed E-state index contributed by atoms with van der Waals surface area (Å²) in [5, 5.41) is 19.0. The fraction of sp³-hybridized carbons (Fsp3) is 0.0909. The molecule has 0 unspecified atom stereocenters. The van der Waals surface area contributed by atoms with Crippen LogP contribution in [0.2, 0.25) is 0 Å². The van der Waals surface area contributed by atoms with E-state index < -0.39 is 36.0 Å². The van der Waals surface area contributed by atoms with E-state index in [4.69, 9.17) is 20.2 Å². The molecular weight excluding hydrogens is 542 g/mol. The first-order valence-corrected chi connectivity index (χ1v) is 11.5. The van der Waals surface area contributed by atoms with Crippen molar-refractivity contribution >= 4 is 45.8 Å². The zero-order chi connectivity index (χ0) is 28.1. The van der Waals surface area contributed by atoms with E-state index in [0.29, 0.717) is 11.8 Å². The van der Waals surface area contributed by atoms with Gasteiger partial charge in [0.1, 0.15) is 34.6 Å². The highest BCUT2D eigenvalue weighted by atomic mass is 32.1. The van der Waals surface area contributed by atoms with Crippen LogP contribution in [0.5, 0.6) is 5.75 Å². The number of amides is 4. The number of nitrogens with two attached hydrogens (primary N) is 1. The van der Waals surface area contributed by atoms with Gasteiger partial charge in [-0.25, -0.2) is 24.0 Å². The fourth-order valence-corrected chi connectivity index (χ4v) is 3.88. The molecular formula is C22H18F2N8O6S. The highest BCUT2D eigenvalue weighted by Crippen LogP contribution is 2.35. The summed E-state index contributed by atoms with van der Waals surface area (Å²) >= 11 is 0.833. The molecule has 4 amide bonds. The molecule has 0 spiro atoms. The number of urea groups is 1. The molecule has 0 aliphatic carbocycles. The Bertz CT molecular complexity index is 1560. The predicted molar refractivity (Wildman–Crippen MR) is 133 cm³/mol. The third kappa shape index (κ3) is 6.22. The van der Waals surface area contributed by atoms with E-state index in [2.05, 4.69) is 31.1 Å². The number of nitrogens with zero attached hydrogens (tertiary/aromatic N) is 3. The second-order valence-electron chi connectivity index (χ2n) is 7.50. The molecule has 0 saturated heterocycles. The van der Waals surface area contributed by atoms with Crippen molar-refractivity contribution in [1.82, 2.24) is 25.9 Å². The van der Waals surface area contributed by atoms with Gasteiger partial charge in [0.2, 0.25) is 5.82 Å². The Hall–Kier alpha value is -5.16. The number of hydrogen-bond donors (Lipinski definition) is 6. The summed E-state index contributed by atoms with van der Waals surface area (Å²) in [6.45, 7) is -0.506. The van der Waals surface area contributed by atoms with Gasteiger partial charge in [-0.1, -0.05) is 22.6 Å². The summed E-state index contributed by atoms with van der Waals surface area (Å²) in [5.41, 5.74) is 6.78. The van der Waals surface area contributed by atoms with Crippen molar-refractivity contribution in [2.45, 2.75) is 0 Å². The van der Waals surface area contributed by atoms with Crippen molar-refractivity contribution in [3.63, 3.8) is 0 Å². The lowest BCUT2D eigenvalue weighted by atomic mass is 10.1. The van der Waals surface area contributed by atoms with Crippen LogP contribution in [0.1, 0.15) is 10.4 Å². The minimum Gasteiger partial charge on any atom is -0.497 e. The van der Waals surface area contributed by atoms with E-state index in [0.717, 1.165) is 17.4 Å². The molecule has 2 heterocycles. The number of carbonyl (C=O) groups excluding carboxylic acids is 3. The number of nitrogens with one attached hydrogen (secondary N) is 4. The minimum absolute atomic E-state index is 0.000314. The van der Waals surface area contributed by atoms with Crippen LogP contribution in [0.25, 0.3) is 22.2 Å². The molecule has 14 nitrogen and oxygen atoms in total. The Morgan fingerprint density at radius 2 is 1.92 bits per heavy atom. The quantitative estimate of drug-likeness (QED) is 0.137. The van der Waals surface area contributed by atoms with Crippen molar-refractivity contribution in [2.75, 3.05) is 30.0 Å². The fourth-order valence-electron chi connectivity index (χ4n) is 3.08. The normalized spacial score (nSPS) is 10.6. The first kappa shape index (κ1) is 26.9. The van der Waals surface area contributed by atoms with Gasteiger partial charge in [-0.05, 0) is 24.3 Å². The monoisotopic (exact) mass is 560 g/mol. The molecule has 2 aromatic heterocycles. The van der Waals surface area contributed by atoms with E-state index in [-0.39, 0.29) is 44.4 Å². The maximum Gasteiger partial charge on any atom is 0.321 e. The molecule has 4 rings (SSSR count). The number of hydrogen-bond acceptors (Lipinski definition) is 11. The lowest BCUT2D eigenvalue weighted by Gasteiger charge is -2.09. The van der Waals surface area contributed by atoms with Crippen LogP contribution in [0.15, 0.2) is 40.9 Å². The van der Waals surface area contributed by atoms with Crippen molar-refractivity contribution in [1.29, 1.82) is 0 Å². The standard InChI is InChI=1S/C22H18F2N8O6S/c1-37-10-4-2-3-9(5-10)19(34)27-14-6-11(12(23)7-13(14)24)18-29-20(38-32-18)16-17(25)28-22(39-16)30-21(35)26-8-15(33)31-36/h2-7,36H,8,25H2,1H3,(H,27,34)(H,31,33)(H2,26,28,30,35). The average molecular weight is 560 g/mol. The molecule has 0 aliphatic rings. The van der Waals surface area contributed by atoms with Crippen LogP contribution >= 0.6 is 11.3 Å². The SMILES string of the molecule is COc1cccc(C(=O)Nc2cc(-c3noc(-c4sc(NC(=O)NCC(=O)NO)nc4N)n3)c(F)cc2F)c1. The molecule has 17 heteroatoms. The Labute approximate surface area is 221 Å². The van der Waals surface area contributed by atoms with E-state index in [9.17, 15) is 23.2 Å². The Morgan fingerprint density at radius 3 is 2.67 bits per heavy atom. The molecule has 0 radical (unpaired) electrons. The molecule has 7 N–H and O–H groups in total. The number of methoxy groups -OCH3 is 1. The topological polar surface area (TPSA) is 207 Å². The van der Waals surface area contributed by atoms with Gasteiger partial charge in [-0.2, -0.15) is 4.98 Å². The number of halogens is 2. The van der Waals surface area contributed by atoms with Crippen LogP contribution in [0, 0.1) is 11.6 Å². The van der Waals surface area contributed by atoms with E-state index in [1.807, 2.05) is 0 Å². The van der Waals surface area contributed by atoms with Crippen LogP contribution in [0.4, 0.5) is 30.2 Å². The van der Waals surface area contributed by atoms with Gasteiger partial charge in [0.05, 0.1) is 18.4 Å². The molecule has 2 aromatic carbocycles. The molecule has 0 saturated carbocycles. The molecule has 0 atom stereocenters. The van der Waals surface area contributed by atoms with Crippen molar-refractivity contribution in [2.24, 2.45) is 0 Å². The predicted octanol–water partition coefficient (Wildman–Crippen LogP) is 2.61.